The van der Waals surface area contributed by atoms with Gasteiger partial charge in [0.05, 0.1) is 0 Å². The quantitative estimate of drug-likeness (QED) is 0.749. The number of amides is 1. The van der Waals surface area contributed by atoms with Gasteiger partial charge < -0.3 is 14.9 Å². The first-order valence-electron chi connectivity index (χ1n) is 6.70. The Hall–Kier alpha value is -2.49. The predicted molar refractivity (Wildman–Crippen MR) is 79.7 cm³/mol. The number of aromatic amines is 1. The maximum atomic E-state index is 12.1. The largest absolute Gasteiger partial charge is 0.354 e. The van der Waals surface area contributed by atoms with Crippen LogP contribution in [0.15, 0.2) is 48.7 Å². The van der Waals surface area contributed by atoms with Crippen LogP contribution in [0.3, 0.4) is 0 Å². The summed E-state index contributed by atoms with van der Waals surface area (Å²) in [6.45, 7) is 0.631. The topological polar surface area (TPSA) is 49.8 Å². The lowest BCUT2D eigenvalue weighted by Crippen LogP contribution is -2.26. The Kier molecular flexibility index (Phi) is 3.29. The summed E-state index contributed by atoms with van der Waals surface area (Å²) >= 11 is 0. The maximum Gasteiger partial charge on any atom is 0.267 e. The summed E-state index contributed by atoms with van der Waals surface area (Å²) in [4.78, 5) is 15.2. The van der Waals surface area contributed by atoms with Gasteiger partial charge >= 0.3 is 0 Å². The second kappa shape index (κ2) is 5.25. The molecule has 2 heterocycles. The minimum atomic E-state index is -0.0598. The van der Waals surface area contributed by atoms with E-state index in [4.69, 9.17) is 0 Å². The van der Waals surface area contributed by atoms with Crippen LogP contribution >= 0.6 is 0 Å². The van der Waals surface area contributed by atoms with Crippen molar-refractivity contribution in [3.63, 3.8) is 0 Å². The molecule has 0 spiro atoms. The number of nitrogens with zero attached hydrogens (tertiary/aromatic N) is 1. The zero-order chi connectivity index (χ0) is 13.9. The number of rotatable bonds is 4. The van der Waals surface area contributed by atoms with E-state index in [1.54, 1.807) is 0 Å². The lowest BCUT2D eigenvalue weighted by molar-refractivity contribution is 0.0950. The molecule has 1 amide bonds. The normalized spacial score (nSPS) is 10.8. The molecule has 4 heteroatoms. The third-order valence-corrected chi connectivity index (χ3v) is 3.49. The molecule has 0 aliphatic rings. The Labute approximate surface area is 117 Å². The highest BCUT2D eigenvalue weighted by atomic mass is 16.1. The number of aryl methyl sites for hydroxylation is 1. The van der Waals surface area contributed by atoms with Crippen LogP contribution in [0, 0.1) is 0 Å². The van der Waals surface area contributed by atoms with Gasteiger partial charge in [-0.25, -0.2) is 0 Å². The van der Waals surface area contributed by atoms with Crippen LogP contribution in [-0.2, 0) is 13.5 Å². The molecule has 3 aromatic rings. The number of fused-ring (bicyclic) bond motifs is 1. The number of carbonyl (C=O) groups excluding carboxylic acids is 1. The van der Waals surface area contributed by atoms with E-state index in [-0.39, 0.29) is 5.91 Å². The molecule has 2 aromatic heterocycles. The summed E-state index contributed by atoms with van der Waals surface area (Å²) in [5.41, 5.74) is 2.81. The van der Waals surface area contributed by atoms with Crippen molar-refractivity contribution >= 4 is 16.8 Å². The summed E-state index contributed by atoms with van der Waals surface area (Å²) in [5, 5.41) is 4.00. The molecular weight excluding hydrogens is 250 g/mol. The van der Waals surface area contributed by atoms with Gasteiger partial charge in [-0.1, -0.05) is 18.2 Å². The van der Waals surface area contributed by atoms with Gasteiger partial charge in [0.2, 0.25) is 0 Å². The molecule has 0 aliphatic heterocycles. The zero-order valence-corrected chi connectivity index (χ0v) is 11.4. The molecule has 0 aliphatic carbocycles. The first kappa shape index (κ1) is 12.5. The molecular formula is C16H17N3O. The van der Waals surface area contributed by atoms with E-state index in [1.807, 2.05) is 49.6 Å². The Morgan fingerprint density at radius 1 is 1.25 bits per heavy atom. The van der Waals surface area contributed by atoms with E-state index in [1.165, 1.54) is 5.69 Å². The SMILES string of the molecule is Cn1cccc1CCNC(=O)c1cc2ccccc2[nH]1. The number of hydrogen-bond donors (Lipinski definition) is 2. The third-order valence-electron chi connectivity index (χ3n) is 3.49. The van der Waals surface area contributed by atoms with Gasteiger partial charge in [0.25, 0.3) is 5.91 Å². The van der Waals surface area contributed by atoms with Crippen molar-refractivity contribution in [3.05, 3.63) is 60.0 Å². The molecule has 0 bridgehead atoms. The molecule has 0 unspecified atom stereocenters. The molecule has 20 heavy (non-hydrogen) atoms. The van der Waals surface area contributed by atoms with Gasteiger partial charge in [0.1, 0.15) is 5.69 Å². The summed E-state index contributed by atoms with van der Waals surface area (Å²) in [6.07, 6.45) is 2.84. The number of benzene rings is 1. The number of aromatic nitrogens is 2. The van der Waals surface area contributed by atoms with Crippen molar-refractivity contribution in [2.45, 2.75) is 6.42 Å². The van der Waals surface area contributed by atoms with Crippen LogP contribution in [0.25, 0.3) is 10.9 Å². The highest BCUT2D eigenvalue weighted by Crippen LogP contribution is 2.14. The number of para-hydroxylation sites is 1. The molecule has 2 N–H and O–H groups in total. The standard InChI is InChI=1S/C16H17N3O/c1-19-10-4-6-13(19)8-9-17-16(20)15-11-12-5-2-3-7-14(12)18-15/h2-7,10-11,18H,8-9H2,1H3,(H,17,20). The average Bonchev–Trinajstić information content (AvgIpc) is 3.05. The van der Waals surface area contributed by atoms with Crippen LogP contribution in [-0.4, -0.2) is 22.0 Å². The second-order valence-electron chi connectivity index (χ2n) is 4.89. The van der Waals surface area contributed by atoms with Gasteiger partial charge in [-0.15, -0.1) is 0 Å². The third kappa shape index (κ3) is 2.45. The van der Waals surface area contributed by atoms with Crippen molar-refractivity contribution < 1.29 is 4.79 Å². The van der Waals surface area contributed by atoms with Crippen LogP contribution in [0.5, 0.6) is 0 Å². The van der Waals surface area contributed by atoms with E-state index in [0.717, 1.165) is 17.3 Å². The Bertz CT molecular complexity index is 706. The molecule has 0 radical (unpaired) electrons. The lowest BCUT2D eigenvalue weighted by Gasteiger charge is -2.05. The molecule has 0 saturated carbocycles. The highest BCUT2D eigenvalue weighted by Gasteiger charge is 2.08. The van der Waals surface area contributed by atoms with Crippen LogP contribution in [0.2, 0.25) is 0 Å². The van der Waals surface area contributed by atoms with Crippen LogP contribution in [0.1, 0.15) is 16.2 Å². The first-order chi connectivity index (χ1) is 9.74. The number of carbonyl (C=O) groups is 1. The van der Waals surface area contributed by atoms with E-state index < -0.39 is 0 Å². The van der Waals surface area contributed by atoms with Crippen molar-refractivity contribution in [2.75, 3.05) is 6.54 Å². The van der Waals surface area contributed by atoms with Gasteiger partial charge in [-0.2, -0.15) is 0 Å². The Balaban J connectivity index is 1.63. The van der Waals surface area contributed by atoms with Crippen LogP contribution < -0.4 is 5.32 Å². The van der Waals surface area contributed by atoms with E-state index >= 15 is 0 Å². The van der Waals surface area contributed by atoms with Gasteiger partial charge in [0, 0.05) is 42.8 Å². The summed E-state index contributed by atoms with van der Waals surface area (Å²) in [6, 6.07) is 13.8. The molecule has 102 valence electrons. The minimum Gasteiger partial charge on any atom is -0.354 e. The van der Waals surface area contributed by atoms with E-state index in [9.17, 15) is 4.79 Å². The van der Waals surface area contributed by atoms with Crippen molar-refractivity contribution in [1.29, 1.82) is 0 Å². The molecule has 0 saturated heterocycles. The van der Waals surface area contributed by atoms with Gasteiger partial charge in [0.15, 0.2) is 0 Å². The summed E-state index contributed by atoms with van der Waals surface area (Å²) in [5.74, 6) is -0.0598. The lowest BCUT2D eigenvalue weighted by atomic mass is 10.2. The van der Waals surface area contributed by atoms with Gasteiger partial charge in [-0.05, 0) is 24.3 Å². The van der Waals surface area contributed by atoms with Crippen LogP contribution in [0.4, 0.5) is 0 Å². The summed E-state index contributed by atoms with van der Waals surface area (Å²) < 4.78 is 2.06. The number of nitrogens with one attached hydrogen (secondary N) is 2. The molecule has 0 fully saturated rings. The Morgan fingerprint density at radius 2 is 2.10 bits per heavy atom. The fraction of sp³-hybridized carbons (Fsp3) is 0.188. The predicted octanol–water partition coefficient (Wildman–Crippen LogP) is 2.48. The number of hydrogen-bond acceptors (Lipinski definition) is 1. The molecule has 3 rings (SSSR count). The monoisotopic (exact) mass is 267 g/mol. The maximum absolute atomic E-state index is 12.1. The first-order valence-corrected chi connectivity index (χ1v) is 6.70. The van der Waals surface area contributed by atoms with Crippen molar-refractivity contribution in [1.82, 2.24) is 14.9 Å². The molecule has 4 nitrogen and oxygen atoms in total. The van der Waals surface area contributed by atoms with E-state index in [2.05, 4.69) is 20.9 Å². The van der Waals surface area contributed by atoms with E-state index in [0.29, 0.717) is 12.2 Å². The second-order valence-corrected chi connectivity index (χ2v) is 4.89. The molecule has 0 atom stereocenters. The Morgan fingerprint density at radius 3 is 2.85 bits per heavy atom. The highest BCUT2D eigenvalue weighted by molar-refractivity contribution is 5.97. The fourth-order valence-corrected chi connectivity index (χ4v) is 2.35. The van der Waals surface area contributed by atoms with Crippen molar-refractivity contribution in [2.24, 2.45) is 7.05 Å². The fourth-order valence-electron chi connectivity index (χ4n) is 2.35. The van der Waals surface area contributed by atoms with Gasteiger partial charge in [-0.3, -0.25) is 4.79 Å². The zero-order valence-electron chi connectivity index (χ0n) is 11.4. The smallest absolute Gasteiger partial charge is 0.267 e. The molecule has 1 aromatic carbocycles. The minimum absolute atomic E-state index is 0.0598. The van der Waals surface area contributed by atoms with Crippen molar-refractivity contribution in [3.8, 4) is 0 Å². The average molecular weight is 267 g/mol. The number of H-pyrrole nitrogens is 1. The summed E-state index contributed by atoms with van der Waals surface area (Å²) in [7, 11) is 2.01.